The van der Waals surface area contributed by atoms with Crippen molar-refractivity contribution in [2.75, 3.05) is 45.3 Å². The summed E-state index contributed by atoms with van der Waals surface area (Å²) in [5.41, 5.74) is 11.2. The van der Waals surface area contributed by atoms with Crippen LogP contribution in [0.2, 0.25) is 0 Å². The zero-order valence-electron chi connectivity index (χ0n) is 19.9. The summed E-state index contributed by atoms with van der Waals surface area (Å²) in [4.78, 5) is 58.9. The topological polar surface area (TPSA) is 193 Å². The van der Waals surface area contributed by atoms with E-state index in [-0.39, 0.29) is 22.2 Å². The first-order valence-corrected chi connectivity index (χ1v) is 12.7. The lowest BCUT2D eigenvalue weighted by atomic mass is 10.0. The average molecular weight is 538 g/mol. The predicted octanol–water partition coefficient (Wildman–Crippen LogP) is -2.01. The quantitative estimate of drug-likeness (QED) is 0.0940. The molecule has 1 saturated heterocycles. The number of rotatable bonds is 11. The third-order valence-corrected chi connectivity index (χ3v) is 7.87. The number of quaternary nitrogens is 1. The average Bonchev–Trinajstić information content (AvgIpc) is 3.25. The zero-order chi connectivity index (χ0) is 26.6. The maximum absolute atomic E-state index is 13.0. The van der Waals surface area contributed by atoms with Gasteiger partial charge < -0.3 is 36.0 Å². The van der Waals surface area contributed by atoms with E-state index in [0.29, 0.717) is 35.4 Å². The fourth-order valence-electron chi connectivity index (χ4n) is 3.88. The number of aromatic nitrogens is 1. The zero-order valence-corrected chi connectivity index (χ0v) is 21.6. The van der Waals surface area contributed by atoms with Gasteiger partial charge in [0.1, 0.15) is 30.8 Å². The van der Waals surface area contributed by atoms with Gasteiger partial charge in [-0.05, 0) is 13.0 Å². The van der Waals surface area contributed by atoms with Crippen molar-refractivity contribution < 1.29 is 33.6 Å². The first-order valence-electron chi connectivity index (χ1n) is 10.8. The molecule has 36 heavy (non-hydrogen) atoms. The Hall–Kier alpha value is -3.43. The summed E-state index contributed by atoms with van der Waals surface area (Å²) < 4.78 is 0.386. The Morgan fingerprint density at radius 3 is 2.72 bits per heavy atom. The number of anilines is 1. The molecule has 1 fully saturated rings. The lowest BCUT2D eigenvalue weighted by Crippen LogP contribution is -2.71. The number of hydrogen-bond donors (Lipinski definition) is 3. The molecule has 3 rings (SSSR count). The molecular formula is C21H27N7O6S2. The number of nitrogens with two attached hydrogens (primary N) is 2. The largest absolute Gasteiger partial charge is 0.543 e. The Morgan fingerprint density at radius 1 is 1.44 bits per heavy atom. The lowest BCUT2D eigenvalue weighted by Gasteiger charge is -2.51. The molecule has 3 atom stereocenters. The first-order chi connectivity index (χ1) is 17.0. The third-order valence-electron chi connectivity index (χ3n) is 5.85. The van der Waals surface area contributed by atoms with E-state index in [1.165, 1.54) is 30.3 Å². The van der Waals surface area contributed by atoms with Crippen molar-refractivity contribution >= 4 is 57.6 Å². The van der Waals surface area contributed by atoms with Crippen LogP contribution in [-0.4, -0.2) is 94.7 Å². The highest BCUT2D eigenvalue weighted by atomic mass is 32.2. The number of fused-ring (bicyclic) bond motifs is 1. The van der Waals surface area contributed by atoms with E-state index in [1.54, 1.807) is 6.08 Å². The number of carboxylic acids is 1. The van der Waals surface area contributed by atoms with E-state index >= 15 is 0 Å². The van der Waals surface area contributed by atoms with E-state index in [0.717, 1.165) is 16.2 Å². The van der Waals surface area contributed by atoms with Crippen molar-refractivity contribution in [1.29, 1.82) is 0 Å². The van der Waals surface area contributed by atoms with Crippen LogP contribution < -0.4 is 21.9 Å². The number of nitrogen functional groups attached to an aromatic ring is 1. The summed E-state index contributed by atoms with van der Waals surface area (Å²) in [7, 11) is 3.17. The molecule has 1 aromatic rings. The van der Waals surface area contributed by atoms with Crippen molar-refractivity contribution in [2.45, 2.75) is 18.3 Å². The Kier molecular flexibility index (Phi) is 8.37. The number of aliphatic carboxylic acids is 1. The second kappa shape index (κ2) is 11.1. The molecule has 194 valence electrons. The van der Waals surface area contributed by atoms with Gasteiger partial charge in [-0.15, -0.1) is 23.1 Å². The number of nitrogens with one attached hydrogen (secondary N) is 1. The molecule has 0 aromatic carbocycles. The molecule has 3 heterocycles. The Bertz CT molecular complexity index is 1160. The highest BCUT2D eigenvalue weighted by Gasteiger charge is 2.53. The molecule has 0 aliphatic carbocycles. The summed E-state index contributed by atoms with van der Waals surface area (Å²) in [6, 6.07) is -0.970. The Morgan fingerprint density at radius 2 is 2.17 bits per heavy atom. The SMILES string of the molecule is CC[N+](C)(C/C=C/C(N)=O)CC1=C(C(=O)[O-])N2C(=O)C(NC(=O)/C(=N\OC)c3csc(N)n3)C2SC1. The number of carbonyl (C=O) groups is 4. The fraction of sp³-hybridized carbons (Fsp3) is 0.429. The summed E-state index contributed by atoms with van der Waals surface area (Å²) in [5, 5.41) is 19.5. The van der Waals surface area contributed by atoms with Gasteiger partial charge in [0.05, 0.1) is 31.8 Å². The van der Waals surface area contributed by atoms with Crippen LogP contribution in [0.15, 0.2) is 34.0 Å². The number of carboxylic acid groups (broad SMARTS) is 1. The van der Waals surface area contributed by atoms with E-state index in [1.807, 2.05) is 14.0 Å². The smallest absolute Gasteiger partial charge is 0.276 e. The molecule has 3 unspecified atom stereocenters. The van der Waals surface area contributed by atoms with E-state index < -0.39 is 35.1 Å². The maximum atomic E-state index is 13.0. The van der Waals surface area contributed by atoms with Crippen LogP contribution in [0.1, 0.15) is 12.6 Å². The van der Waals surface area contributed by atoms with Gasteiger partial charge in [-0.25, -0.2) is 4.98 Å². The molecule has 2 aliphatic heterocycles. The van der Waals surface area contributed by atoms with Crippen molar-refractivity contribution in [3.8, 4) is 0 Å². The van der Waals surface area contributed by atoms with Crippen LogP contribution in [0.3, 0.4) is 0 Å². The van der Waals surface area contributed by atoms with Crippen molar-refractivity contribution in [2.24, 2.45) is 10.9 Å². The molecule has 15 heteroatoms. The molecule has 0 spiro atoms. The Balaban J connectivity index is 1.79. The first kappa shape index (κ1) is 27.2. The minimum atomic E-state index is -1.47. The van der Waals surface area contributed by atoms with Crippen LogP contribution in [0.4, 0.5) is 5.13 Å². The molecule has 5 N–H and O–H groups in total. The summed E-state index contributed by atoms with van der Waals surface area (Å²) in [5.74, 6) is -3.00. The number of thiazole rings is 1. The molecule has 0 bridgehead atoms. The third kappa shape index (κ3) is 5.68. The number of carbonyl (C=O) groups excluding carboxylic acids is 4. The fourth-order valence-corrected chi connectivity index (χ4v) is 5.77. The summed E-state index contributed by atoms with van der Waals surface area (Å²) >= 11 is 2.45. The van der Waals surface area contributed by atoms with Gasteiger partial charge in [-0.3, -0.25) is 19.3 Å². The lowest BCUT2D eigenvalue weighted by molar-refractivity contribution is -0.897. The maximum Gasteiger partial charge on any atom is 0.276 e. The molecule has 1 aromatic heterocycles. The molecule has 0 radical (unpaired) electrons. The van der Waals surface area contributed by atoms with Crippen LogP contribution >= 0.6 is 23.1 Å². The van der Waals surface area contributed by atoms with Gasteiger partial charge in [0, 0.05) is 22.8 Å². The number of thioether (sulfide) groups is 1. The van der Waals surface area contributed by atoms with Crippen LogP contribution in [-0.2, 0) is 24.0 Å². The number of amides is 3. The summed E-state index contributed by atoms with van der Waals surface area (Å²) in [6.45, 7) is 3.33. The second-order valence-electron chi connectivity index (χ2n) is 8.38. The van der Waals surface area contributed by atoms with Gasteiger partial charge in [-0.2, -0.15) is 0 Å². The minimum absolute atomic E-state index is 0.158. The van der Waals surface area contributed by atoms with E-state index in [2.05, 4.69) is 15.5 Å². The van der Waals surface area contributed by atoms with Crippen molar-refractivity contribution in [1.82, 2.24) is 15.2 Å². The number of likely N-dealkylation sites (N-methyl/N-ethyl adjacent to an activating group) is 1. The van der Waals surface area contributed by atoms with Crippen LogP contribution in [0, 0.1) is 0 Å². The number of hydrogen-bond acceptors (Lipinski definition) is 11. The van der Waals surface area contributed by atoms with Crippen molar-refractivity contribution in [3.05, 3.63) is 34.5 Å². The highest BCUT2D eigenvalue weighted by molar-refractivity contribution is 8.00. The van der Waals surface area contributed by atoms with E-state index in [4.69, 9.17) is 16.3 Å². The molecule has 2 aliphatic rings. The van der Waals surface area contributed by atoms with Gasteiger partial charge in [-0.1, -0.05) is 5.16 Å². The van der Waals surface area contributed by atoms with Gasteiger partial charge >= 0.3 is 0 Å². The standard InChI is InChI=1S/C21H27N7O6S2/c1-4-28(2,7-5-6-13(22)29)8-11-9-35-19-15(18(31)27(19)16(11)20(32)33)25-17(30)14(26-34-3)12-10-36-21(23)24-12/h5-6,10,15,19H,4,7-9H2,1-3H3,(H5-,22,23,24,25,29,30,32,33)/b6-5+,26-14-. The number of β-lactam (4-membered cyclic amide) rings is 1. The van der Waals surface area contributed by atoms with Gasteiger partial charge in [0.25, 0.3) is 11.8 Å². The normalized spacial score (nSPS) is 21.6. The number of oxime groups is 1. The second-order valence-corrected chi connectivity index (χ2v) is 10.4. The van der Waals surface area contributed by atoms with Gasteiger partial charge in [0.15, 0.2) is 10.8 Å². The number of nitrogens with zero attached hydrogens (tertiary/aromatic N) is 4. The van der Waals surface area contributed by atoms with E-state index in [9.17, 15) is 24.3 Å². The summed E-state index contributed by atoms with van der Waals surface area (Å²) in [6.07, 6.45) is 2.90. The monoisotopic (exact) mass is 537 g/mol. The Labute approximate surface area is 215 Å². The van der Waals surface area contributed by atoms with Crippen molar-refractivity contribution in [3.63, 3.8) is 0 Å². The van der Waals surface area contributed by atoms with Gasteiger partial charge in [0.2, 0.25) is 5.91 Å². The molecule has 13 nitrogen and oxygen atoms in total. The highest BCUT2D eigenvalue weighted by Crippen LogP contribution is 2.40. The minimum Gasteiger partial charge on any atom is -0.543 e. The molecule has 3 amide bonds. The van der Waals surface area contributed by atoms with Crippen LogP contribution in [0.5, 0.6) is 0 Å². The number of primary amides is 1. The predicted molar refractivity (Wildman–Crippen MR) is 132 cm³/mol. The van der Waals surface area contributed by atoms with Crippen LogP contribution in [0.25, 0.3) is 0 Å². The molecular weight excluding hydrogens is 510 g/mol. The molecule has 0 saturated carbocycles.